The Balaban J connectivity index is 1.49. The molecular formula is C22H21ClN6O. The van der Waals surface area contributed by atoms with Gasteiger partial charge >= 0.3 is 0 Å². The molecule has 0 saturated heterocycles. The van der Waals surface area contributed by atoms with Gasteiger partial charge in [-0.05, 0) is 47.2 Å². The number of carbonyl (C=O) groups excluding carboxylic acids is 1. The first-order valence-electron chi connectivity index (χ1n) is 9.57. The van der Waals surface area contributed by atoms with Crippen LogP contribution < -0.4 is 5.32 Å². The minimum absolute atomic E-state index is 0.0134. The maximum absolute atomic E-state index is 12.8. The lowest BCUT2D eigenvalue weighted by atomic mass is 9.95. The molecule has 0 aliphatic heterocycles. The number of nitrogens with one attached hydrogen (secondary N) is 1. The van der Waals surface area contributed by atoms with E-state index in [0.29, 0.717) is 29.5 Å². The number of aromatic nitrogens is 5. The van der Waals surface area contributed by atoms with Crippen LogP contribution >= 0.6 is 11.6 Å². The summed E-state index contributed by atoms with van der Waals surface area (Å²) >= 11 is 6.04. The first-order chi connectivity index (χ1) is 14.6. The van der Waals surface area contributed by atoms with Crippen molar-refractivity contribution in [3.8, 4) is 11.4 Å². The summed E-state index contributed by atoms with van der Waals surface area (Å²) in [7, 11) is 1.71. The quantitative estimate of drug-likeness (QED) is 0.487. The molecule has 0 saturated carbocycles. The number of amides is 1. The van der Waals surface area contributed by atoms with Gasteiger partial charge in [0.1, 0.15) is 0 Å². The number of halogens is 1. The molecule has 152 valence electrons. The molecule has 7 nitrogen and oxygen atoms in total. The summed E-state index contributed by atoms with van der Waals surface area (Å²) in [5, 5.41) is 15.8. The third-order valence-corrected chi connectivity index (χ3v) is 5.04. The molecule has 0 spiro atoms. The fourth-order valence-electron chi connectivity index (χ4n) is 3.34. The number of rotatable bonds is 7. The third-order valence-electron chi connectivity index (χ3n) is 4.78. The molecule has 1 N–H and O–H groups in total. The van der Waals surface area contributed by atoms with Crippen molar-refractivity contribution in [1.29, 1.82) is 0 Å². The van der Waals surface area contributed by atoms with Crippen molar-refractivity contribution in [2.24, 2.45) is 7.05 Å². The number of carbonyl (C=O) groups is 1. The number of nitrogens with zero attached hydrogens (tertiary/aromatic N) is 5. The van der Waals surface area contributed by atoms with Gasteiger partial charge in [-0.3, -0.25) is 4.79 Å². The molecular weight excluding hydrogens is 400 g/mol. The minimum atomic E-state index is -0.0636. The van der Waals surface area contributed by atoms with E-state index >= 15 is 0 Å². The van der Waals surface area contributed by atoms with Gasteiger partial charge in [-0.15, -0.1) is 10.2 Å². The summed E-state index contributed by atoms with van der Waals surface area (Å²) in [4.78, 5) is 14.3. The van der Waals surface area contributed by atoms with Gasteiger partial charge in [0.2, 0.25) is 11.7 Å². The van der Waals surface area contributed by atoms with Crippen LogP contribution in [0.15, 0.2) is 73.1 Å². The number of benzene rings is 2. The summed E-state index contributed by atoms with van der Waals surface area (Å²) in [5.74, 6) is 0.464. The maximum Gasteiger partial charge on any atom is 0.225 e. The van der Waals surface area contributed by atoms with Crippen LogP contribution in [0.25, 0.3) is 11.4 Å². The molecule has 1 atom stereocenters. The van der Waals surface area contributed by atoms with Crippen molar-refractivity contribution in [3.63, 3.8) is 0 Å². The lowest BCUT2D eigenvalue weighted by Crippen LogP contribution is -2.18. The highest BCUT2D eigenvalue weighted by Crippen LogP contribution is 2.25. The highest BCUT2D eigenvalue weighted by atomic mass is 35.5. The zero-order valence-corrected chi connectivity index (χ0v) is 17.2. The second-order valence-corrected chi connectivity index (χ2v) is 7.50. The van der Waals surface area contributed by atoms with Crippen LogP contribution in [0, 0.1) is 0 Å². The first kappa shape index (κ1) is 19.8. The van der Waals surface area contributed by atoms with Crippen LogP contribution in [0.4, 0.5) is 5.69 Å². The molecule has 0 aliphatic carbocycles. The number of aryl methyl sites for hydroxylation is 1. The van der Waals surface area contributed by atoms with E-state index in [1.165, 1.54) is 4.80 Å². The van der Waals surface area contributed by atoms with Gasteiger partial charge in [-0.25, -0.2) is 0 Å². The second-order valence-electron chi connectivity index (χ2n) is 7.06. The molecule has 0 radical (unpaired) electrons. The van der Waals surface area contributed by atoms with Crippen LogP contribution in [0.2, 0.25) is 5.02 Å². The summed E-state index contributed by atoms with van der Waals surface area (Å²) in [5.41, 5.74) is 2.56. The lowest BCUT2D eigenvalue weighted by Gasteiger charge is -2.18. The van der Waals surface area contributed by atoms with Crippen molar-refractivity contribution >= 4 is 23.2 Å². The third kappa shape index (κ3) is 4.93. The highest BCUT2D eigenvalue weighted by molar-refractivity contribution is 6.30. The Morgan fingerprint density at radius 2 is 1.87 bits per heavy atom. The smallest absolute Gasteiger partial charge is 0.225 e. The first-order valence-corrected chi connectivity index (χ1v) is 9.95. The van der Waals surface area contributed by atoms with Gasteiger partial charge in [0.05, 0.1) is 7.05 Å². The predicted molar refractivity (Wildman–Crippen MR) is 116 cm³/mol. The fraction of sp³-hybridized carbons (Fsp3) is 0.182. The van der Waals surface area contributed by atoms with Crippen LogP contribution in [0.1, 0.15) is 17.9 Å². The molecule has 0 unspecified atom stereocenters. The van der Waals surface area contributed by atoms with Gasteiger partial charge in [0, 0.05) is 47.6 Å². The largest absolute Gasteiger partial charge is 0.354 e. The number of hydrogen-bond donors (Lipinski definition) is 1. The normalized spacial score (nSPS) is 11.9. The zero-order chi connectivity index (χ0) is 20.9. The molecule has 2 aromatic carbocycles. The molecule has 0 aliphatic rings. The SMILES string of the molecule is Cn1nnc(-c2cccc(NC(=O)C[C@H](Cn3cccc3)c3ccc(Cl)cc3)c2)n1. The van der Waals surface area contributed by atoms with E-state index in [1.54, 1.807) is 7.05 Å². The summed E-state index contributed by atoms with van der Waals surface area (Å²) in [6.07, 6.45) is 4.34. The molecule has 2 heterocycles. The topological polar surface area (TPSA) is 77.6 Å². The molecule has 1 amide bonds. The van der Waals surface area contributed by atoms with Gasteiger partial charge in [0.15, 0.2) is 0 Å². The Hall–Kier alpha value is -3.45. The summed E-state index contributed by atoms with van der Waals surface area (Å²) in [6, 6.07) is 19.1. The van der Waals surface area contributed by atoms with Crippen molar-refractivity contribution in [3.05, 3.63) is 83.6 Å². The second kappa shape index (κ2) is 8.92. The van der Waals surface area contributed by atoms with E-state index in [1.807, 2.05) is 73.1 Å². The Labute approximate surface area is 179 Å². The van der Waals surface area contributed by atoms with Gasteiger partial charge < -0.3 is 9.88 Å². The zero-order valence-electron chi connectivity index (χ0n) is 16.4. The van der Waals surface area contributed by atoms with E-state index in [9.17, 15) is 4.79 Å². The minimum Gasteiger partial charge on any atom is -0.354 e. The van der Waals surface area contributed by atoms with E-state index < -0.39 is 0 Å². The number of tetrazole rings is 1. The van der Waals surface area contributed by atoms with Crippen molar-refractivity contribution in [2.45, 2.75) is 18.9 Å². The molecule has 4 aromatic rings. The Morgan fingerprint density at radius 3 is 2.57 bits per heavy atom. The Morgan fingerprint density at radius 1 is 1.10 bits per heavy atom. The average Bonchev–Trinajstić information content (AvgIpc) is 3.40. The molecule has 30 heavy (non-hydrogen) atoms. The number of anilines is 1. The van der Waals surface area contributed by atoms with E-state index in [0.717, 1.165) is 11.1 Å². The lowest BCUT2D eigenvalue weighted by molar-refractivity contribution is -0.116. The van der Waals surface area contributed by atoms with Gasteiger partial charge in [0.25, 0.3) is 0 Å². The standard InChI is InChI=1S/C22H21ClN6O/c1-28-26-22(25-27-28)17-5-4-6-20(13-17)24-21(30)14-18(15-29-11-2-3-12-29)16-7-9-19(23)10-8-16/h2-13,18H,14-15H2,1H3,(H,24,30)/t18-/m1/s1. The number of hydrogen-bond acceptors (Lipinski definition) is 4. The van der Waals surface area contributed by atoms with Gasteiger partial charge in [-0.1, -0.05) is 35.9 Å². The van der Waals surface area contributed by atoms with E-state index in [4.69, 9.17) is 11.6 Å². The van der Waals surface area contributed by atoms with Crippen LogP contribution in [0.3, 0.4) is 0 Å². The van der Waals surface area contributed by atoms with Gasteiger partial charge in [-0.2, -0.15) is 4.80 Å². The monoisotopic (exact) mass is 420 g/mol. The Bertz CT molecular complexity index is 1120. The highest BCUT2D eigenvalue weighted by Gasteiger charge is 2.17. The van der Waals surface area contributed by atoms with Crippen molar-refractivity contribution in [2.75, 3.05) is 5.32 Å². The molecule has 2 aromatic heterocycles. The van der Waals surface area contributed by atoms with Crippen molar-refractivity contribution < 1.29 is 4.79 Å². The molecule has 8 heteroatoms. The van der Waals surface area contributed by atoms with Crippen molar-refractivity contribution in [1.82, 2.24) is 24.8 Å². The molecule has 4 rings (SSSR count). The fourth-order valence-corrected chi connectivity index (χ4v) is 3.47. The van der Waals surface area contributed by atoms with Crippen LogP contribution in [0.5, 0.6) is 0 Å². The Kier molecular flexibility index (Phi) is 5.90. The maximum atomic E-state index is 12.8. The van der Waals surface area contributed by atoms with E-state index in [2.05, 4.69) is 25.3 Å². The van der Waals surface area contributed by atoms with E-state index in [-0.39, 0.29) is 11.8 Å². The predicted octanol–water partition coefficient (Wildman–Crippen LogP) is 4.14. The molecule has 0 bridgehead atoms. The average molecular weight is 421 g/mol. The van der Waals surface area contributed by atoms with Crippen LogP contribution in [-0.2, 0) is 18.4 Å². The summed E-state index contributed by atoms with van der Waals surface area (Å²) < 4.78 is 2.08. The molecule has 0 fully saturated rings. The summed E-state index contributed by atoms with van der Waals surface area (Å²) in [6.45, 7) is 0.700. The van der Waals surface area contributed by atoms with Crippen LogP contribution in [-0.4, -0.2) is 30.7 Å².